The summed E-state index contributed by atoms with van der Waals surface area (Å²) in [5, 5.41) is 6.97. The highest BCUT2D eigenvalue weighted by Crippen LogP contribution is 2.30. The van der Waals surface area contributed by atoms with E-state index in [1.165, 1.54) is 31.4 Å². The number of hydrogen-bond donors (Lipinski definition) is 0. The second-order valence-electron chi connectivity index (χ2n) is 5.99. The Morgan fingerprint density at radius 1 is 1.21 bits per heavy atom. The highest BCUT2D eigenvalue weighted by molar-refractivity contribution is 9.08. The minimum Gasteiger partial charge on any atom is -0.493 e. The predicted molar refractivity (Wildman–Crippen MR) is 112 cm³/mol. The van der Waals surface area contributed by atoms with Gasteiger partial charge in [-0.3, -0.25) is 9.80 Å². The Kier molecular flexibility index (Phi) is 8.79. The van der Waals surface area contributed by atoms with Crippen LogP contribution in [0.4, 0.5) is 8.78 Å². The first-order valence-corrected chi connectivity index (χ1v) is 9.77. The number of benzene rings is 2. The molecule has 0 aliphatic heterocycles. The van der Waals surface area contributed by atoms with E-state index in [2.05, 4.69) is 31.8 Å². The molecule has 0 radical (unpaired) electrons. The zero-order valence-electron chi connectivity index (χ0n) is 16.0. The Morgan fingerprint density at radius 2 is 1.97 bits per heavy atom. The molecular formula is C21H21BrF2N2O3. The van der Waals surface area contributed by atoms with Crippen LogP contribution in [0.15, 0.2) is 59.7 Å². The number of carbonyl (C=O) groups is 1. The molecule has 0 bridgehead atoms. The lowest BCUT2D eigenvalue weighted by Crippen LogP contribution is -2.14. The average Bonchev–Trinajstić information content (AvgIpc) is 2.70. The van der Waals surface area contributed by atoms with E-state index < -0.39 is 6.61 Å². The van der Waals surface area contributed by atoms with Gasteiger partial charge in [0.15, 0.2) is 11.5 Å². The van der Waals surface area contributed by atoms with E-state index in [9.17, 15) is 13.6 Å². The monoisotopic (exact) mass is 466 g/mol. The molecule has 0 fully saturated rings. The van der Waals surface area contributed by atoms with Crippen LogP contribution in [0.3, 0.4) is 0 Å². The van der Waals surface area contributed by atoms with Crippen molar-refractivity contribution in [3.63, 3.8) is 0 Å². The molecule has 0 N–H and O–H groups in total. The Bertz CT molecular complexity index is 888. The quantitative estimate of drug-likeness (QED) is 0.166. The number of aldehydes is 1. The van der Waals surface area contributed by atoms with Crippen LogP contribution >= 0.6 is 15.9 Å². The molecule has 154 valence electrons. The molecule has 0 unspecified atom stereocenters. The molecule has 0 heterocycles. The van der Waals surface area contributed by atoms with Gasteiger partial charge in [0.05, 0.1) is 19.4 Å². The summed E-state index contributed by atoms with van der Waals surface area (Å²) in [6.07, 6.45) is 3.41. The Hall–Kier alpha value is -2.74. The van der Waals surface area contributed by atoms with Gasteiger partial charge >= 0.3 is 6.61 Å². The number of ether oxygens (including phenoxy) is 2. The summed E-state index contributed by atoms with van der Waals surface area (Å²) in [6.45, 7) is -2.47. The minimum absolute atomic E-state index is 0.111. The van der Waals surface area contributed by atoms with E-state index in [4.69, 9.17) is 4.74 Å². The molecule has 0 saturated heterocycles. The summed E-state index contributed by atoms with van der Waals surface area (Å²) < 4.78 is 35.0. The lowest BCUT2D eigenvalue weighted by molar-refractivity contribution is -0.104. The van der Waals surface area contributed by atoms with Gasteiger partial charge in [-0.2, -0.15) is 13.9 Å². The van der Waals surface area contributed by atoms with Crippen molar-refractivity contribution in [2.45, 2.75) is 18.5 Å². The number of carbonyl (C=O) groups excluding carboxylic acids is 1. The summed E-state index contributed by atoms with van der Waals surface area (Å²) in [6, 6.07) is 12.6. The fraction of sp³-hybridized carbons (Fsp3) is 0.238. The average molecular weight is 467 g/mol. The highest BCUT2D eigenvalue weighted by Gasteiger charge is 2.13. The largest absolute Gasteiger partial charge is 0.493 e. The second kappa shape index (κ2) is 11.3. The molecule has 2 aromatic carbocycles. The molecule has 0 aromatic heterocycles. The molecule has 0 amide bonds. The summed E-state index contributed by atoms with van der Waals surface area (Å²) in [4.78, 5) is 10.8. The first kappa shape index (κ1) is 22.5. The van der Waals surface area contributed by atoms with Crippen molar-refractivity contribution >= 4 is 27.9 Å². The van der Waals surface area contributed by atoms with E-state index in [0.717, 1.165) is 16.5 Å². The highest BCUT2D eigenvalue weighted by atomic mass is 79.9. The first-order chi connectivity index (χ1) is 14.0. The van der Waals surface area contributed by atoms with Crippen LogP contribution in [0, 0.1) is 0 Å². The molecular weight excluding hydrogens is 446 g/mol. The standard InChI is InChI=1S/C21H21BrF2N2O3/c1-26(14-16-6-3-5-15(11-16)13-22)25-18(7-4-10-27)17-8-9-19(28-2)20(12-17)29-21(23)24/h3-12,21H,13-14H2,1-2H3/b7-4-,25-18?. The van der Waals surface area contributed by atoms with Crippen molar-refractivity contribution in [3.8, 4) is 11.5 Å². The number of hydrogen-bond acceptors (Lipinski definition) is 5. The van der Waals surface area contributed by atoms with Gasteiger partial charge in [-0.25, -0.2) is 0 Å². The number of hydrazone groups is 1. The lowest BCUT2D eigenvalue weighted by atomic mass is 10.1. The number of methoxy groups -OCH3 is 1. The van der Waals surface area contributed by atoms with Gasteiger partial charge in [0, 0.05) is 17.9 Å². The predicted octanol–water partition coefficient (Wildman–Crippen LogP) is 4.78. The normalized spacial score (nSPS) is 11.7. The number of nitrogens with zero attached hydrogens (tertiary/aromatic N) is 2. The topological polar surface area (TPSA) is 51.1 Å². The number of rotatable bonds is 10. The lowest BCUT2D eigenvalue weighted by Gasteiger charge is -2.16. The van der Waals surface area contributed by atoms with Crippen LogP contribution in [0.2, 0.25) is 0 Å². The first-order valence-electron chi connectivity index (χ1n) is 8.65. The zero-order chi connectivity index (χ0) is 21.2. The van der Waals surface area contributed by atoms with Gasteiger partial charge in [0.2, 0.25) is 0 Å². The van der Waals surface area contributed by atoms with Gasteiger partial charge in [0.25, 0.3) is 0 Å². The third kappa shape index (κ3) is 6.98. The van der Waals surface area contributed by atoms with Crippen molar-refractivity contribution in [1.29, 1.82) is 0 Å². The van der Waals surface area contributed by atoms with Crippen molar-refractivity contribution < 1.29 is 23.0 Å². The molecule has 0 atom stereocenters. The molecule has 0 saturated carbocycles. The number of alkyl halides is 3. The van der Waals surface area contributed by atoms with Gasteiger partial charge in [-0.05, 0) is 41.5 Å². The Morgan fingerprint density at radius 3 is 2.62 bits per heavy atom. The van der Waals surface area contributed by atoms with Crippen molar-refractivity contribution in [3.05, 3.63) is 71.3 Å². The van der Waals surface area contributed by atoms with Crippen LogP contribution in [0.1, 0.15) is 16.7 Å². The van der Waals surface area contributed by atoms with Gasteiger partial charge in [0.1, 0.15) is 6.29 Å². The Balaban J connectivity index is 2.34. The summed E-state index contributed by atoms with van der Waals surface area (Å²) in [5.41, 5.74) is 3.12. The third-order valence-electron chi connectivity index (χ3n) is 3.84. The molecule has 0 aliphatic carbocycles. The van der Waals surface area contributed by atoms with E-state index in [0.29, 0.717) is 24.1 Å². The molecule has 2 rings (SSSR count). The third-order valence-corrected chi connectivity index (χ3v) is 4.49. The van der Waals surface area contributed by atoms with Crippen molar-refractivity contribution in [1.82, 2.24) is 5.01 Å². The maximum atomic E-state index is 12.7. The summed E-state index contributed by atoms with van der Waals surface area (Å²) >= 11 is 3.43. The van der Waals surface area contributed by atoms with E-state index in [1.807, 2.05) is 18.2 Å². The van der Waals surface area contributed by atoms with Gasteiger partial charge in [-0.1, -0.05) is 40.2 Å². The number of allylic oxidation sites excluding steroid dienone is 2. The number of halogens is 3. The molecule has 29 heavy (non-hydrogen) atoms. The van der Waals surface area contributed by atoms with Crippen LogP contribution in [0.5, 0.6) is 11.5 Å². The minimum atomic E-state index is -2.99. The van der Waals surface area contributed by atoms with E-state index in [-0.39, 0.29) is 11.5 Å². The molecule has 8 heteroatoms. The summed E-state index contributed by atoms with van der Waals surface area (Å²) in [7, 11) is 3.15. The maximum Gasteiger partial charge on any atom is 0.387 e. The smallest absolute Gasteiger partial charge is 0.387 e. The maximum absolute atomic E-state index is 12.7. The molecule has 0 spiro atoms. The fourth-order valence-corrected chi connectivity index (χ4v) is 2.99. The van der Waals surface area contributed by atoms with Gasteiger partial charge in [-0.15, -0.1) is 0 Å². The molecule has 5 nitrogen and oxygen atoms in total. The van der Waals surface area contributed by atoms with Crippen LogP contribution < -0.4 is 9.47 Å². The second-order valence-corrected chi connectivity index (χ2v) is 6.55. The SMILES string of the molecule is COc1ccc(C(/C=C\C=O)=NN(C)Cc2cccc(CBr)c2)cc1OC(F)F. The van der Waals surface area contributed by atoms with Crippen LogP contribution in [-0.4, -0.2) is 37.8 Å². The van der Waals surface area contributed by atoms with Crippen LogP contribution in [0.25, 0.3) is 0 Å². The zero-order valence-corrected chi connectivity index (χ0v) is 17.6. The Labute approximate surface area is 176 Å². The molecule has 0 aliphatic rings. The fourth-order valence-electron chi connectivity index (χ4n) is 2.64. The van der Waals surface area contributed by atoms with Gasteiger partial charge < -0.3 is 9.47 Å². The van der Waals surface area contributed by atoms with Crippen molar-refractivity contribution in [2.75, 3.05) is 14.2 Å². The van der Waals surface area contributed by atoms with Crippen LogP contribution in [-0.2, 0) is 16.7 Å². The van der Waals surface area contributed by atoms with Crippen molar-refractivity contribution in [2.24, 2.45) is 5.10 Å². The van der Waals surface area contributed by atoms with E-state index in [1.54, 1.807) is 18.1 Å². The summed E-state index contributed by atoms with van der Waals surface area (Å²) in [5.74, 6) is 0.0626. The van der Waals surface area contributed by atoms with E-state index >= 15 is 0 Å². The molecule has 2 aromatic rings.